The molecule has 0 spiro atoms. The summed E-state index contributed by atoms with van der Waals surface area (Å²) in [7, 11) is 0. The van der Waals surface area contributed by atoms with E-state index < -0.39 is 30.8 Å². The van der Waals surface area contributed by atoms with Gasteiger partial charge in [-0.2, -0.15) is 13.2 Å². The van der Waals surface area contributed by atoms with E-state index in [9.17, 15) is 23.1 Å². The largest absolute Gasteiger partial charge is 0.489 e. The van der Waals surface area contributed by atoms with Gasteiger partial charge in [0.1, 0.15) is 12.4 Å². The number of halogens is 3. The van der Waals surface area contributed by atoms with Gasteiger partial charge in [-0.25, -0.2) is 4.79 Å². The normalized spacial score (nSPS) is 20.8. The summed E-state index contributed by atoms with van der Waals surface area (Å²) in [6, 6.07) is 6.35. The summed E-state index contributed by atoms with van der Waals surface area (Å²) in [6.45, 7) is 3.03. The Bertz CT molecular complexity index is 606. The third kappa shape index (κ3) is 4.00. The highest BCUT2D eigenvalue weighted by molar-refractivity contribution is 5.74. The summed E-state index contributed by atoms with van der Waals surface area (Å²) in [4.78, 5) is 13.0. The van der Waals surface area contributed by atoms with Crippen LogP contribution in [-0.2, 0) is 6.54 Å². The maximum Gasteiger partial charge on any atom is 0.419 e. The molecule has 1 saturated heterocycles. The highest BCUT2D eigenvalue weighted by Crippen LogP contribution is 2.37. The fraction of sp³-hybridized carbons (Fsp3) is 0.438. The zero-order valence-electron chi connectivity index (χ0n) is 13.0. The molecule has 5 nitrogen and oxygen atoms in total. The quantitative estimate of drug-likeness (QED) is 0.807. The number of nitrogens with zero attached hydrogens (tertiary/aromatic N) is 1. The average molecular weight is 344 g/mol. The Labute approximate surface area is 137 Å². The van der Waals surface area contributed by atoms with Crippen molar-refractivity contribution < 1.29 is 27.8 Å². The number of aliphatic hydroxyl groups is 1. The first-order valence-electron chi connectivity index (χ1n) is 7.40. The third-order valence-corrected chi connectivity index (χ3v) is 3.82. The molecule has 1 aliphatic rings. The molecule has 1 aliphatic heterocycles. The minimum absolute atomic E-state index is 0.104. The van der Waals surface area contributed by atoms with Crippen molar-refractivity contribution in [1.29, 1.82) is 0 Å². The molecule has 1 heterocycles. The molecule has 1 fully saturated rings. The highest BCUT2D eigenvalue weighted by atomic mass is 19.4. The van der Waals surface area contributed by atoms with Gasteiger partial charge in [0.15, 0.2) is 5.60 Å². The summed E-state index contributed by atoms with van der Waals surface area (Å²) >= 11 is 0. The van der Waals surface area contributed by atoms with Crippen molar-refractivity contribution in [3.8, 4) is 5.75 Å². The van der Waals surface area contributed by atoms with Gasteiger partial charge in [0.2, 0.25) is 0 Å². The van der Waals surface area contributed by atoms with Gasteiger partial charge in [0, 0.05) is 25.1 Å². The molecule has 8 heteroatoms. The Balaban J connectivity index is 1.94. The SMILES string of the molecule is C=CCOc1ccccc1CNC(=O)N1CC[C@](O)(C(F)(F)F)C1. The second kappa shape index (κ2) is 7.12. The molecule has 0 aromatic heterocycles. The number of urea groups is 1. The van der Waals surface area contributed by atoms with Crippen LogP contribution in [-0.4, -0.2) is 47.5 Å². The van der Waals surface area contributed by atoms with Crippen molar-refractivity contribution in [3.05, 3.63) is 42.5 Å². The molecule has 1 aromatic carbocycles. The van der Waals surface area contributed by atoms with Gasteiger partial charge in [0.25, 0.3) is 0 Å². The Morgan fingerprint density at radius 1 is 1.46 bits per heavy atom. The van der Waals surface area contributed by atoms with Gasteiger partial charge >= 0.3 is 12.2 Å². The van der Waals surface area contributed by atoms with Crippen molar-refractivity contribution in [2.75, 3.05) is 19.7 Å². The van der Waals surface area contributed by atoms with E-state index in [4.69, 9.17) is 4.74 Å². The smallest absolute Gasteiger partial charge is 0.419 e. The van der Waals surface area contributed by atoms with Crippen LogP contribution in [0.5, 0.6) is 5.75 Å². The minimum atomic E-state index is -4.76. The van der Waals surface area contributed by atoms with Gasteiger partial charge in [-0.1, -0.05) is 30.9 Å². The average Bonchev–Trinajstić information content (AvgIpc) is 2.95. The lowest BCUT2D eigenvalue weighted by molar-refractivity contribution is -0.253. The van der Waals surface area contributed by atoms with Crippen LogP contribution in [0.2, 0.25) is 0 Å². The molecule has 0 unspecified atom stereocenters. The molecule has 2 N–H and O–H groups in total. The van der Waals surface area contributed by atoms with Crippen molar-refractivity contribution in [2.45, 2.75) is 24.7 Å². The topological polar surface area (TPSA) is 61.8 Å². The van der Waals surface area contributed by atoms with Crippen LogP contribution in [0.25, 0.3) is 0 Å². The van der Waals surface area contributed by atoms with Crippen LogP contribution >= 0.6 is 0 Å². The van der Waals surface area contributed by atoms with Crippen LogP contribution in [0.4, 0.5) is 18.0 Å². The summed E-state index contributed by atoms with van der Waals surface area (Å²) in [5, 5.41) is 12.1. The molecule has 1 atom stereocenters. The first-order valence-corrected chi connectivity index (χ1v) is 7.40. The Kier molecular flexibility index (Phi) is 5.38. The Morgan fingerprint density at radius 3 is 2.79 bits per heavy atom. The van der Waals surface area contributed by atoms with Crippen LogP contribution in [0.3, 0.4) is 0 Å². The van der Waals surface area contributed by atoms with Gasteiger partial charge in [0.05, 0.1) is 6.54 Å². The molecule has 1 aromatic rings. The first kappa shape index (κ1) is 18.1. The van der Waals surface area contributed by atoms with Crippen LogP contribution in [0.1, 0.15) is 12.0 Å². The molecule has 0 bridgehead atoms. The van der Waals surface area contributed by atoms with E-state index in [0.717, 1.165) is 4.90 Å². The number of carbonyl (C=O) groups excluding carboxylic acids is 1. The predicted molar refractivity (Wildman–Crippen MR) is 81.6 cm³/mol. The summed E-state index contributed by atoms with van der Waals surface area (Å²) in [5.74, 6) is 0.561. The maximum absolute atomic E-state index is 12.8. The molecule has 0 aliphatic carbocycles. The lowest BCUT2D eigenvalue weighted by atomic mass is 10.0. The highest BCUT2D eigenvalue weighted by Gasteiger charge is 2.57. The number of hydrogen-bond acceptors (Lipinski definition) is 3. The second-order valence-electron chi connectivity index (χ2n) is 5.57. The van der Waals surface area contributed by atoms with E-state index in [-0.39, 0.29) is 13.1 Å². The molecule has 24 heavy (non-hydrogen) atoms. The number of benzene rings is 1. The first-order chi connectivity index (χ1) is 11.3. The molecule has 132 valence electrons. The van der Waals surface area contributed by atoms with E-state index in [1.54, 1.807) is 30.3 Å². The number of β-amino-alcohol motifs (C(OH)–C–C–N with tert-alkyl or cyclic N) is 1. The molecule has 2 amide bonds. The number of nitrogens with one attached hydrogen (secondary N) is 1. The van der Waals surface area contributed by atoms with E-state index in [1.165, 1.54) is 0 Å². The number of ether oxygens (including phenoxy) is 1. The van der Waals surface area contributed by atoms with Gasteiger partial charge < -0.3 is 20.1 Å². The van der Waals surface area contributed by atoms with Crippen molar-refractivity contribution in [1.82, 2.24) is 10.2 Å². The monoisotopic (exact) mass is 344 g/mol. The van der Waals surface area contributed by atoms with Gasteiger partial charge in [-0.05, 0) is 6.07 Å². The van der Waals surface area contributed by atoms with Crippen LogP contribution in [0, 0.1) is 0 Å². The number of para-hydroxylation sites is 1. The standard InChI is InChI=1S/C16H19F3N2O3/c1-2-9-24-13-6-4-3-5-12(13)10-20-14(22)21-8-7-15(23,11-21)16(17,18)19/h2-6,23H,1,7-11H2,(H,20,22)/t15-/m1/s1. The van der Waals surface area contributed by atoms with Crippen molar-refractivity contribution in [2.24, 2.45) is 0 Å². The maximum atomic E-state index is 12.8. The fourth-order valence-corrected chi connectivity index (χ4v) is 2.42. The number of amides is 2. The Morgan fingerprint density at radius 2 is 2.17 bits per heavy atom. The van der Waals surface area contributed by atoms with E-state index in [0.29, 0.717) is 17.9 Å². The zero-order valence-corrected chi connectivity index (χ0v) is 13.0. The molecule has 0 saturated carbocycles. The molecule has 0 radical (unpaired) electrons. The van der Waals surface area contributed by atoms with Crippen LogP contribution in [0.15, 0.2) is 36.9 Å². The lowest BCUT2D eigenvalue weighted by Gasteiger charge is -2.26. The van der Waals surface area contributed by atoms with E-state index in [1.807, 2.05) is 0 Å². The summed E-state index contributed by atoms with van der Waals surface area (Å²) < 4.78 is 43.8. The third-order valence-electron chi connectivity index (χ3n) is 3.82. The number of hydrogen-bond donors (Lipinski definition) is 2. The summed E-state index contributed by atoms with van der Waals surface area (Å²) in [6.07, 6.45) is -3.70. The Hall–Kier alpha value is -2.22. The summed E-state index contributed by atoms with van der Waals surface area (Å²) in [5.41, 5.74) is -2.15. The zero-order chi connectivity index (χ0) is 17.8. The molecule has 2 rings (SSSR count). The number of carbonyl (C=O) groups is 1. The van der Waals surface area contributed by atoms with Gasteiger partial charge in [-0.15, -0.1) is 0 Å². The number of alkyl halides is 3. The number of likely N-dealkylation sites (tertiary alicyclic amines) is 1. The minimum Gasteiger partial charge on any atom is -0.489 e. The lowest BCUT2D eigenvalue weighted by Crippen LogP contribution is -2.49. The second-order valence-corrected chi connectivity index (χ2v) is 5.57. The van der Waals surface area contributed by atoms with Crippen molar-refractivity contribution >= 4 is 6.03 Å². The molecular weight excluding hydrogens is 325 g/mol. The predicted octanol–water partition coefficient (Wildman–Crippen LogP) is 2.46. The van der Waals surface area contributed by atoms with Crippen molar-refractivity contribution in [3.63, 3.8) is 0 Å². The van der Waals surface area contributed by atoms with Crippen LogP contribution < -0.4 is 10.1 Å². The van der Waals surface area contributed by atoms with Gasteiger partial charge in [-0.3, -0.25) is 0 Å². The molecular formula is C16H19F3N2O3. The number of rotatable bonds is 5. The van der Waals surface area contributed by atoms with E-state index in [2.05, 4.69) is 11.9 Å². The van der Waals surface area contributed by atoms with E-state index >= 15 is 0 Å². The fourth-order valence-electron chi connectivity index (χ4n) is 2.42.